The van der Waals surface area contributed by atoms with Crippen LogP contribution in [-0.2, 0) is 9.53 Å². The molecule has 0 aliphatic carbocycles. The van der Waals surface area contributed by atoms with Crippen molar-refractivity contribution in [1.82, 2.24) is 0 Å². The molecular formula is C8H9BrO3S. The van der Waals surface area contributed by atoms with E-state index >= 15 is 0 Å². The van der Waals surface area contributed by atoms with Crippen LogP contribution in [0.25, 0.3) is 0 Å². The number of ether oxygens (including phenoxy) is 1. The van der Waals surface area contributed by atoms with Gasteiger partial charge in [0.05, 0.1) is 23.4 Å². The fourth-order valence-corrected chi connectivity index (χ4v) is 2.08. The molecule has 1 heterocycles. The molecule has 0 spiro atoms. The quantitative estimate of drug-likeness (QED) is 0.851. The molecule has 13 heavy (non-hydrogen) atoms. The molecule has 1 rings (SSSR count). The number of rotatable bonds is 3. The van der Waals surface area contributed by atoms with Crippen molar-refractivity contribution in [3.05, 3.63) is 20.8 Å². The molecule has 0 aliphatic heterocycles. The summed E-state index contributed by atoms with van der Waals surface area (Å²) in [7, 11) is 1.30. The Labute approximate surface area is 88.5 Å². The summed E-state index contributed by atoms with van der Waals surface area (Å²) in [6.07, 6.45) is -0.769. The third-order valence-corrected chi connectivity index (χ3v) is 3.08. The average molecular weight is 265 g/mol. The number of esters is 1. The number of aliphatic hydroxyl groups excluding tert-OH is 1. The van der Waals surface area contributed by atoms with Crippen LogP contribution in [0.5, 0.6) is 0 Å². The minimum atomic E-state index is -0.769. The summed E-state index contributed by atoms with van der Waals surface area (Å²) in [5.41, 5.74) is 0.738. The summed E-state index contributed by atoms with van der Waals surface area (Å²) in [6, 6.07) is 1.79. The molecule has 0 saturated heterocycles. The first kappa shape index (κ1) is 10.7. The Morgan fingerprint density at radius 3 is 3.00 bits per heavy atom. The van der Waals surface area contributed by atoms with Gasteiger partial charge in [0.15, 0.2) is 0 Å². The molecule has 0 radical (unpaired) electrons. The molecule has 0 saturated carbocycles. The van der Waals surface area contributed by atoms with Gasteiger partial charge in [0, 0.05) is 0 Å². The van der Waals surface area contributed by atoms with Gasteiger partial charge in [0.1, 0.15) is 0 Å². The normalized spacial score (nSPS) is 12.5. The summed E-state index contributed by atoms with van der Waals surface area (Å²) in [6.45, 7) is 0. The minimum absolute atomic E-state index is 0.000324. The van der Waals surface area contributed by atoms with Crippen LogP contribution in [0, 0.1) is 0 Å². The van der Waals surface area contributed by atoms with Gasteiger partial charge in [0.25, 0.3) is 0 Å². The van der Waals surface area contributed by atoms with E-state index in [0.29, 0.717) is 0 Å². The molecule has 1 N–H and O–H groups in total. The van der Waals surface area contributed by atoms with Crippen LogP contribution in [0.2, 0.25) is 0 Å². The fraction of sp³-hybridized carbons (Fsp3) is 0.375. The van der Waals surface area contributed by atoms with Crippen molar-refractivity contribution in [2.24, 2.45) is 0 Å². The lowest BCUT2D eigenvalue weighted by atomic mass is 10.1. The first-order valence-corrected chi connectivity index (χ1v) is 5.29. The van der Waals surface area contributed by atoms with E-state index < -0.39 is 12.1 Å². The van der Waals surface area contributed by atoms with Crippen molar-refractivity contribution in [3.8, 4) is 0 Å². The lowest BCUT2D eigenvalue weighted by Gasteiger charge is -2.05. The molecule has 1 unspecified atom stereocenters. The van der Waals surface area contributed by atoms with E-state index in [1.165, 1.54) is 18.4 Å². The molecule has 0 aliphatic rings. The van der Waals surface area contributed by atoms with Crippen molar-refractivity contribution in [2.45, 2.75) is 12.5 Å². The topological polar surface area (TPSA) is 46.5 Å². The number of hydrogen-bond acceptors (Lipinski definition) is 4. The van der Waals surface area contributed by atoms with E-state index in [-0.39, 0.29) is 6.42 Å². The van der Waals surface area contributed by atoms with E-state index in [0.717, 1.165) is 9.35 Å². The third kappa shape index (κ3) is 3.10. The summed E-state index contributed by atoms with van der Waals surface area (Å²) < 4.78 is 5.38. The summed E-state index contributed by atoms with van der Waals surface area (Å²) in [5, 5.41) is 11.3. The number of aliphatic hydroxyl groups is 1. The molecule has 0 bridgehead atoms. The predicted molar refractivity (Wildman–Crippen MR) is 53.6 cm³/mol. The van der Waals surface area contributed by atoms with Gasteiger partial charge in [-0.1, -0.05) is 0 Å². The summed E-state index contributed by atoms with van der Waals surface area (Å²) in [5.74, 6) is -0.408. The van der Waals surface area contributed by atoms with E-state index in [9.17, 15) is 9.90 Å². The van der Waals surface area contributed by atoms with Crippen molar-refractivity contribution in [2.75, 3.05) is 7.11 Å². The van der Waals surface area contributed by atoms with Gasteiger partial charge >= 0.3 is 5.97 Å². The largest absolute Gasteiger partial charge is 0.469 e. The maximum atomic E-state index is 10.8. The van der Waals surface area contributed by atoms with Crippen LogP contribution in [0.1, 0.15) is 18.1 Å². The maximum absolute atomic E-state index is 10.8. The fourth-order valence-electron chi connectivity index (χ4n) is 0.857. The highest BCUT2D eigenvalue weighted by Crippen LogP contribution is 2.26. The minimum Gasteiger partial charge on any atom is -0.469 e. The zero-order chi connectivity index (χ0) is 9.84. The van der Waals surface area contributed by atoms with Crippen molar-refractivity contribution >= 4 is 33.2 Å². The highest BCUT2D eigenvalue weighted by molar-refractivity contribution is 9.11. The summed E-state index contributed by atoms with van der Waals surface area (Å²) in [4.78, 5) is 10.8. The van der Waals surface area contributed by atoms with Crippen LogP contribution < -0.4 is 0 Å². The van der Waals surface area contributed by atoms with E-state index in [4.69, 9.17) is 0 Å². The number of methoxy groups -OCH3 is 1. The Morgan fingerprint density at radius 2 is 2.54 bits per heavy atom. The second-order valence-electron chi connectivity index (χ2n) is 2.48. The molecule has 0 aromatic carbocycles. The lowest BCUT2D eigenvalue weighted by molar-refractivity contribution is -0.142. The van der Waals surface area contributed by atoms with Crippen molar-refractivity contribution in [1.29, 1.82) is 0 Å². The molecule has 1 aromatic rings. The van der Waals surface area contributed by atoms with Gasteiger partial charge < -0.3 is 9.84 Å². The first-order chi connectivity index (χ1) is 6.13. The highest BCUT2D eigenvalue weighted by Gasteiger charge is 2.14. The van der Waals surface area contributed by atoms with Crippen molar-refractivity contribution < 1.29 is 14.6 Å². The number of thiophene rings is 1. The Kier molecular flexibility index (Phi) is 3.90. The number of hydrogen-bond donors (Lipinski definition) is 1. The van der Waals surface area contributed by atoms with Crippen molar-refractivity contribution in [3.63, 3.8) is 0 Å². The standard InChI is InChI=1S/C8H9BrO3S/c1-12-8(11)3-6(10)5-2-7(9)13-4-5/h2,4,6,10H,3H2,1H3. The smallest absolute Gasteiger partial charge is 0.308 e. The molecule has 72 valence electrons. The lowest BCUT2D eigenvalue weighted by Crippen LogP contribution is -2.07. The Hall–Kier alpha value is -0.390. The first-order valence-electron chi connectivity index (χ1n) is 3.62. The molecule has 5 heteroatoms. The van der Waals surface area contributed by atoms with Gasteiger partial charge in [-0.05, 0) is 32.9 Å². The molecule has 0 fully saturated rings. The summed E-state index contributed by atoms with van der Waals surface area (Å²) >= 11 is 4.75. The third-order valence-electron chi connectivity index (χ3n) is 1.56. The van der Waals surface area contributed by atoms with Crippen LogP contribution in [-0.4, -0.2) is 18.2 Å². The predicted octanol–water partition coefficient (Wildman–Crippen LogP) is 2.11. The number of carbonyl (C=O) groups excluding carboxylic acids is 1. The van der Waals surface area contributed by atoms with Crippen LogP contribution in [0.4, 0.5) is 0 Å². The second-order valence-corrected chi connectivity index (χ2v) is 4.77. The van der Waals surface area contributed by atoms with Crippen LogP contribution in [0.3, 0.4) is 0 Å². The van der Waals surface area contributed by atoms with E-state index in [2.05, 4.69) is 20.7 Å². The Morgan fingerprint density at radius 1 is 1.85 bits per heavy atom. The zero-order valence-corrected chi connectivity index (χ0v) is 9.39. The SMILES string of the molecule is COC(=O)CC(O)c1csc(Br)c1. The van der Waals surface area contributed by atoms with Gasteiger partial charge in [-0.3, -0.25) is 4.79 Å². The van der Waals surface area contributed by atoms with E-state index in [1.54, 1.807) is 11.4 Å². The second kappa shape index (κ2) is 4.74. The number of halogens is 1. The van der Waals surface area contributed by atoms with Gasteiger partial charge in [-0.25, -0.2) is 0 Å². The zero-order valence-electron chi connectivity index (χ0n) is 6.99. The van der Waals surface area contributed by atoms with Gasteiger partial charge in [-0.2, -0.15) is 0 Å². The van der Waals surface area contributed by atoms with E-state index in [1.807, 2.05) is 0 Å². The molecular weight excluding hydrogens is 256 g/mol. The molecule has 3 nitrogen and oxygen atoms in total. The maximum Gasteiger partial charge on any atom is 0.308 e. The van der Waals surface area contributed by atoms with Gasteiger partial charge in [0.2, 0.25) is 0 Å². The monoisotopic (exact) mass is 264 g/mol. The highest BCUT2D eigenvalue weighted by atomic mass is 79.9. The molecule has 1 atom stereocenters. The Balaban J connectivity index is 2.58. The van der Waals surface area contributed by atoms with Crippen LogP contribution >= 0.6 is 27.3 Å². The van der Waals surface area contributed by atoms with Gasteiger partial charge in [-0.15, -0.1) is 11.3 Å². The molecule has 1 aromatic heterocycles. The molecule has 0 amide bonds. The number of carbonyl (C=O) groups is 1. The average Bonchev–Trinajstić information content (AvgIpc) is 2.51. The van der Waals surface area contributed by atoms with Crippen LogP contribution in [0.15, 0.2) is 15.2 Å². The Bertz CT molecular complexity index is 297.